The highest BCUT2D eigenvalue weighted by Gasteiger charge is 2.42. The zero-order chi connectivity index (χ0) is 19.8. The van der Waals surface area contributed by atoms with E-state index in [0.717, 1.165) is 0 Å². The van der Waals surface area contributed by atoms with E-state index in [9.17, 15) is 0 Å². The lowest BCUT2D eigenvalue weighted by Gasteiger charge is -2.30. The molecule has 0 saturated carbocycles. The summed E-state index contributed by atoms with van der Waals surface area (Å²) in [5, 5.41) is 3.29. The van der Waals surface area contributed by atoms with Gasteiger partial charge in [0.15, 0.2) is 0 Å². The third kappa shape index (κ3) is 2.77. The minimum absolute atomic E-state index is 0.135. The van der Waals surface area contributed by atoms with Crippen LogP contribution >= 0.6 is 0 Å². The number of allylic oxidation sites excluding steroid dienone is 12. The van der Waals surface area contributed by atoms with Gasteiger partial charge in [0.25, 0.3) is 0 Å². The number of hydrogen-bond donors (Lipinski definition) is 0. The van der Waals surface area contributed by atoms with Crippen molar-refractivity contribution in [3.63, 3.8) is 0 Å². The first-order valence-corrected chi connectivity index (χ1v) is 17.0. The second-order valence-electron chi connectivity index (χ2n) is 10.9. The molecule has 2 heteroatoms. The first kappa shape index (κ1) is 19.6. The van der Waals surface area contributed by atoms with Crippen LogP contribution in [0.25, 0.3) is 0 Å². The van der Waals surface area contributed by atoms with E-state index in [1.807, 2.05) is 0 Å². The maximum absolute atomic E-state index is 2.55. The fourth-order valence-corrected chi connectivity index (χ4v) is 8.00. The quantitative estimate of drug-likeness (QED) is 0.444. The van der Waals surface area contributed by atoms with Crippen molar-refractivity contribution in [1.82, 2.24) is 0 Å². The Kier molecular flexibility index (Phi) is 4.29. The molecule has 3 aliphatic rings. The van der Waals surface area contributed by atoms with E-state index in [-0.39, 0.29) is 5.41 Å². The molecule has 140 valence electrons. The second-order valence-corrected chi connectivity index (χ2v) is 21.0. The molecule has 0 fully saturated rings. The molecule has 0 saturated heterocycles. The molecule has 0 aliphatic heterocycles. The average Bonchev–Trinajstić information content (AvgIpc) is 3.04. The van der Waals surface area contributed by atoms with Gasteiger partial charge in [-0.1, -0.05) is 76.1 Å². The van der Waals surface area contributed by atoms with E-state index < -0.39 is 16.1 Å². The molecule has 26 heavy (non-hydrogen) atoms. The van der Waals surface area contributed by atoms with Gasteiger partial charge < -0.3 is 0 Å². The van der Waals surface area contributed by atoms with Crippen molar-refractivity contribution >= 4 is 16.1 Å². The minimum atomic E-state index is -1.48. The predicted octanol–water partition coefficient (Wildman–Crippen LogP) is 7.54. The standard InChI is InChI=1S/C24H36Si2/c1-15-16(2)22(24(4,5)17(15)3)21-13-18-12-19(25(6,7)8)14-20(18)23(21)26(9,10)11/h12-14H,1-11H3. The van der Waals surface area contributed by atoms with Crippen LogP contribution in [-0.2, 0) is 0 Å². The summed E-state index contributed by atoms with van der Waals surface area (Å²) in [5.74, 6) is 0. The topological polar surface area (TPSA) is 0 Å². The third-order valence-electron chi connectivity index (χ3n) is 6.71. The Labute approximate surface area is 163 Å². The largest absolute Gasteiger partial charge is 0.0792 e. The van der Waals surface area contributed by atoms with Crippen LogP contribution in [0.3, 0.4) is 0 Å². The highest BCUT2D eigenvalue weighted by Crippen LogP contribution is 2.54. The molecule has 0 amide bonds. The molecule has 3 rings (SSSR count). The maximum Gasteiger partial charge on any atom is 0.0792 e. The maximum atomic E-state index is 2.55. The van der Waals surface area contributed by atoms with Crippen molar-refractivity contribution in [2.24, 2.45) is 5.41 Å². The Bertz CT molecular complexity index is 879. The summed E-state index contributed by atoms with van der Waals surface area (Å²) >= 11 is 0. The Balaban J connectivity index is 2.24. The summed E-state index contributed by atoms with van der Waals surface area (Å²) < 4.78 is 0. The molecule has 0 spiro atoms. The van der Waals surface area contributed by atoms with Gasteiger partial charge >= 0.3 is 0 Å². The van der Waals surface area contributed by atoms with Crippen molar-refractivity contribution in [3.8, 4) is 0 Å². The third-order valence-corrected chi connectivity index (χ3v) is 10.8. The van der Waals surface area contributed by atoms with Gasteiger partial charge in [-0.15, -0.1) is 0 Å². The van der Waals surface area contributed by atoms with Crippen LogP contribution in [0.1, 0.15) is 34.6 Å². The Hall–Kier alpha value is -1.13. The van der Waals surface area contributed by atoms with E-state index in [1.165, 1.54) is 22.3 Å². The van der Waals surface area contributed by atoms with Crippen LogP contribution < -0.4 is 0 Å². The van der Waals surface area contributed by atoms with E-state index in [2.05, 4.69) is 92.1 Å². The molecule has 0 radical (unpaired) electrons. The minimum Gasteiger partial charge on any atom is -0.0656 e. The molecular weight excluding hydrogens is 344 g/mol. The lowest BCUT2D eigenvalue weighted by molar-refractivity contribution is 0.556. The van der Waals surface area contributed by atoms with Gasteiger partial charge in [0.1, 0.15) is 0 Å². The summed E-state index contributed by atoms with van der Waals surface area (Å²) in [4.78, 5) is 0. The SMILES string of the molecule is CC1=C(C)C(C)(C)C(C2=C([Si](C)(C)C)C3=CC([Si](C)(C)C)=CC3=C2)=C1C. The van der Waals surface area contributed by atoms with E-state index >= 15 is 0 Å². The lowest BCUT2D eigenvalue weighted by Crippen LogP contribution is -2.27. The van der Waals surface area contributed by atoms with Crippen molar-refractivity contribution in [2.45, 2.75) is 73.9 Å². The van der Waals surface area contributed by atoms with Gasteiger partial charge in [-0.25, -0.2) is 0 Å². The Morgan fingerprint density at radius 1 is 0.731 bits per heavy atom. The number of hydrogen-bond acceptors (Lipinski definition) is 0. The van der Waals surface area contributed by atoms with Crippen LogP contribution in [0, 0.1) is 5.41 Å². The monoisotopic (exact) mass is 380 g/mol. The first-order chi connectivity index (χ1) is 11.7. The molecule has 0 nitrogen and oxygen atoms in total. The first-order valence-electron chi connectivity index (χ1n) is 9.98. The van der Waals surface area contributed by atoms with Crippen molar-refractivity contribution in [3.05, 3.63) is 67.6 Å². The normalized spacial score (nSPS) is 23.0. The molecule has 0 aromatic carbocycles. The zero-order valence-corrected chi connectivity index (χ0v) is 20.7. The van der Waals surface area contributed by atoms with E-state index in [4.69, 9.17) is 0 Å². The van der Waals surface area contributed by atoms with Crippen LogP contribution in [0.5, 0.6) is 0 Å². The predicted molar refractivity (Wildman–Crippen MR) is 123 cm³/mol. The van der Waals surface area contributed by atoms with Crippen LogP contribution in [0.2, 0.25) is 39.3 Å². The molecule has 0 atom stereocenters. The summed E-state index contributed by atoms with van der Waals surface area (Å²) in [7, 11) is -2.76. The Morgan fingerprint density at radius 3 is 1.73 bits per heavy atom. The van der Waals surface area contributed by atoms with Gasteiger partial charge in [0.2, 0.25) is 0 Å². The molecule has 0 bridgehead atoms. The van der Waals surface area contributed by atoms with Crippen molar-refractivity contribution < 1.29 is 0 Å². The molecular formula is C24H36Si2. The van der Waals surface area contributed by atoms with Gasteiger partial charge in [-0.2, -0.15) is 0 Å². The Morgan fingerprint density at radius 2 is 1.31 bits per heavy atom. The average molecular weight is 381 g/mol. The van der Waals surface area contributed by atoms with E-state index in [1.54, 1.807) is 27.1 Å². The van der Waals surface area contributed by atoms with Crippen LogP contribution in [0.4, 0.5) is 0 Å². The molecule has 0 aromatic rings. The molecule has 3 aliphatic carbocycles. The molecule has 0 N–H and O–H groups in total. The van der Waals surface area contributed by atoms with Crippen molar-refractivity contribution in [2.75, 3.05) is 0 Å². The summed E-state index contributed by atoms with van der Waals surface area (Å²) in [6.45, 7) is 26.7. The van der Waals surface area contributed by atoms with Gasteiger partial charge in [-0.05, 0) is 65.5 Å². The zero-order valence-electron chi connectivity index (χ0n) is 18.7. The highest BCUT2D eigenvalue weighted by molar-refractivity contribution is 6.85. The number of fused-ring (bicyclic) bond motifs is 1. The van der Waals surface area contributed by atoms with Gasteiger partial charge in [0, 0.05) is 5.41 Å². The highest BCUT2D eigenvalue weighted by atomic mass is 28.3. The fraction of sp³-hybridized carbons (Fsp3) is 0.500. The molecule has 0 heterocycles. The summed E-state index contributed by atoms with van der Waals surface area (Å²) in [6.07, 6.45) is 7.57. The number of rotatable bonds is 3. The van der Waals surface area contributed by atoms with Crippen LogP contribution in [-0.4, -0.2) is 16.1 Å². The lowest BCUT2D eigenvalue weighted by atomic mass is 9.77. The van der Waals surface area contributed by atoms with Crippen LogP contribution in [0.15, 0.2) is 67.6 Å². The van der Waals surface area contributed by atoms with E-state index in [0.29, 0.717) is 0 Å². The smallest absolute Gasteiger partial charge is 0.0656 e. The van der Waals surface area contributed by atoms with Crippen molar-refractivity contribution in [1.29, 1.82) is 0 Å². The molecule has 0 unspecified atom stereocenters. The fourth-order valence-electron chi connectivity index (χ4n) is 4.81. The van der Waals surface area contributed by atoms with Gasteiger partial charge in [0.05, 0.1) is 16.1 Å². The summed E-state index contributed by atoms with van der Waals surface area (Å²) in [6, 6.07) is 0. The second kappa shape index (κ2) is 5.69. The van der Waals surface area contributed by atoms with Gasteiger partial charge in [-0.3, -0.25) is 0 Å². The summed E-state index contributed by atoms with van der Waals surface area (Å²) in [5.41, 5.74) is 10.8. The molecule has 0 aromatic heterocycles.